The molecule has 5 nitrogen and oxygen atoms in total. The van der Waals surface area contributed by atoms with Crippen molar-refractivity contribution in [3.8, 4) is 0 Å². The maximum atomic E-state index is 11.5. The van der Waals surface area contributed by atoms with E-state index in [-0.39, 0.29) is 17.4 Å². The van der Waals surface area contributed by atoms with Gasteiger partial charge in [-0.3, -0.25) is 0 Å². The molecule has 1 unspecified atom stereocenters. The Morgan fingerprint density at radius 1 is 1.58 bits per heavy atom. The van der Waals surface area contributed by atoms with Gasteiger partial charge in [0, 0.05) is 17.2 Å². The number of nitrogens with one attached hydrogen (secondary N) is 1. The van der Waals surface area contributed by atoms with Gasteiger partial charge in [0.2, 0.25) is 0 Å². The summed E-state index contributed by atoms with van der Waals surface area (Å²) >= 11 is 8.65. The van der Waals surface area contributed by atoms with Crippen LogP contribution < -0.4 is 0 Å². The number of rotatable bonds is 2. The first-order valence-corrected chi connectivity index (χ1v) is 8.91. The van der Waals surface area contributed by atoms with Crippen LogP contribution in [0.5, 0.6) is 0 Å². The van der Waals surface area contributed by atoms with Crippen LogP contribution in [0.2, 0.25) is 0 Å². The monoisotopic (exact) mass is 361 g/mol. The Morgan fingerprint density at radius 2 is 2.37 bits per heavy atom. The first-order chi connectivity index (χ1) is 8.94. The molecule has 0 spiro atoms. The number of sulfone groups is 1. The average molecular weight is 362 g/mol. The molecule has 1 saturated heterocycles. The van der Waals surface area contributed by atoms with Gasteiger partial charge in [-0.2, -0.15) is 0 Å². The minimum Gasteiger partial charge on any atom is -0.329 e. The summed E-state index contributed by atoms with van der Waals surface area (Å²) in [4.78, 5) is 7.45. The zero-order chi connectivity index (χ0) is 13.6. The highest BCUT2D eigenvalue weighted by atomic mass is 79.9. The Morgan fingerprint density at radius 3 is 3.05 bits per heavy atom. The molecule has 1 aliphatic heterocycles. The fourth-order valence-corrected chi connectivity index (χ4v) is 4.91. The van der Waals surface area contributed by atoms with Gasteiger partial charge in [-0.15, -0.1) is 0 Å². The molecule has 2 aromatic rings. The molecule has 0 bridgehead atoms. The Hall–Kier alpha value is -0.730. The van der Waals surface area contributed by atoms with Crippen molar-refractivity contribution in [1.82, 2.24) is 14.5 Å². The topological polar surface area (TPSA) is 67.8 Å². The number of nitrogens with zero attached hydrogens (tertiary/aromatic N) is 2. The Kier molecular flexibility index (Phi) is 3.26. The van der Waals surface area contributed by atoms with Gasteiger partial charge >= 0.3 is 0 Å². The number of H-pyrrole nitrogens is 1. The number of pyridine rings is 1. The third-order valence-electron chi connectivity index (χ3n) is 3.34. The van der Waals surface area contributed by atoms with E-state index in [1.807, 2.05) is 10.6 Å². The molecule has 0 radical (unpaired) electrons. The van der Waals surface area contributed by atoms with Gasteiger partial charge in [-0.05, 0) is 46.6 Å². The molecule has 1 N–H and O–H groups in total. The van der Waals surface area contributed by atoms with Gasteiger partial charge in [-0.25, -0.2) is 13.4 Å². The number of aromatic amines is 1. The van der Waals surface area contributed by atoms with Crippen LogP contribution in [0, 0.1) is 10.7 Å². The molecular formula is C11H12BrN3O2S2. The normalized spacial score (nSPS) is 22.1. The quantitative estimate of drug-likeness (QED) is 0.833. The van der Waals surface area contributed by atoms with Crippen molar-refractivity contribution in [1.29, 1.82) is 0 Å². The van der Waals surface area contributed by atoms with Gasteiger partial charge in [0.1, 0.15) is 0 Å². The summed E-state index contributed by atoms with van der Waals surface area (Å²) in [5.41, 5.74) is 1.64. The maximum absolute atomic E-state index is 11.5. The van der Waals surface area contributed by atoms with Gasteiger partial charge < -0.3 is 9.55 Å². The molecule has 1 fully saturated rings. The fourth-order valence-electron chi connectivity index (χ4n) is 2.46. The van der Waals surface area contributed by atoms with Crippen LogP contribution >= 0.6 is 28.1 Å². The van der Waals surface area contributed by atoms with Crippen molar-refractivity contribution in [2.24, 2.45) is 5.92 Å². The van der Waals surface area contributed by atoms with Crippen LogP contribution in [-0.2, 0) is 16.4 Å². The lowest BCUT2D eigenvalue weighted by Crippen LogP contribution is -2.13. The number of hydrogen-bond acceptors (Lipinski definition) is 4. The van der Waals surface area contributed by atoms with Crippen LogP contribution in [0.25, 0.3) is 11.2 Å². The third-order valence-corrected chi connectivity index (χ3v) is 5.94. The highest BCUT2D eigenvalue weighted by Gasteiger charge is 2.28. The molecule has 0 saturated carbocycles. The maximum Gasteiger partial charge on any atom is 0.179 e. The molecule has 3 heterocycles. The lowest BCUT2D eigenvalue weighted by Gasteiger charge is -2.09. The summed E-state index contributed by atoms with van der Waals surface area (Å²) in [5, 5.41) is 0. The van der Waals surface area contributed by atoms with Crippen molar-refractivity contribution >= 4 is 49.1 Å². The highest BCUT2D eigenvalue weighted by Crippen LogP contribution is 2.23. The number of aromatic nitrogens is 3. The van der Waals surface area contributed by atoms with E-state index in [1.54, 1.807) is 6.20 Å². The van der Waals surface area contributed by atoms with Crippen molar-refractivity contribution in [3.05, 3.63) is 21.5 Å². The minimum atomic E-state index is -2.86. The van der Waals surface area contributed by atoms with Gasteiger partial charge in [0.25, 0.3) is 0 Å². The largest absolute Gasteiger partial charge is 0.329 e. The van der Waals surface area contributed by atoms with E-state index < -0.39 is 9.84 Å². The van der Waals surface area contributed by atoms with E-state index >= 15 is 0 Å². The molecule has 1 atom stereocenters. The van der Waals surface area contributed by atoms with E-state index in [0.717, 1.165) is 15.6 Å². The minimum absolute atomic E-state index is 0.126. The lowest BCUT2D eigenvalue weighted by atomic mass is 10.1. The molecule has 19 heavy (non-hydrogen) atoms. The summed E-state index contributed by atoms with van der Waals surface area (Å²) in [6.45, 7) is 0.604. The number of hydrogen-bond donors (Lipinski definition) is 1. The van der Waals surface area contributed by atoms with Gasteiger partial charge in [-0.1, -0.05) is 0 Å². The molecular weight excluding hydrogens is 350 g/mol. The number of fused-ring (bicyclic) bond motifs is 1. The number of halogens is 1. The summed E-state index contributed by atoms with van der Waals surface area (Å²) in [6, 6.07) is 1.92. The van der Waals surface area contributed by atoms with Crippen LogP contribution in [0.4, 0.5) is 0 Å². The van der Waals surface area contributed by atoms with Crippen LogP contribution in [-0.4, -0.2) is 34.5 Å². The summed E-state index contributed by atoms with van der Waals surface area (Å²) in [7, 11) is -2.86. The van der Waals surface area contributed by atoms with Crippen molar-refractivity contribution in [2.45, 2.75) is 13.0 Å². The first-order valence-electron chi connectivity index (χ1n) is 5.89. The number of imidazole rings is 1. The standard InChI is InChI=1S/C11H12BrN3O2S2/c12-8-3-9-10(13-4-8)15(11(18)14-9)5-7-1-2-19(16,17)6-7/h3-4,7H,1-2,5-6H2,(H,14,18). The molecule has 1 aliphatic rings. The van der Waals surface area contributed by atoms with E-state index in [1.165, 1.54) is 0 Å². The van der Waals surface area contributed by atoms with Crippen molar-refractivity contribution in [3.63, 3.8) is 0 Å². The SMILES string of the molecule is O=S1(=O)CCC(Cn2c(=S)[nH]c3cc(Br)cnc32)C1. The lowest BCUT2D eigenvalue weighted by molar-refractivity contribution is 0.493. The molecule has 0 aliphatic carbocycles. The van der Waals surface area contributed by atoms with Gasteiger partial charge in [0.15, 0.2) is 20.3 Å². The second kappa shape index (κ2) is 4.68. The molecule has 0 amide bonds. The summed E-state index contributed by atoms with van der Waals surface area (Å²) in [5.74, 6) is 0.658. The third kappa shape index (κ3) is 2.61. The summed E-state index contributed by atoms with van der Waals surface area (Å²) < 4.78 is 26.4. The van der Waals surface area contributed by atoms with Crippen molar-refractivity contribution in [2.75, 3.05) is 11.5 Å². The van der Waals surface area contributed by atoms with Crippen molar-refractivity contribution < 1.29 is 8.42 Å². The smallest absolute Gasteiger partial charge is 0.179 e. The Bertz CT molecular complexity index is 794. The van der Waals surface area contributed by atoms with Crippen LogP contribution in [0.1, 0.15) is 6.42 Å². The first kappa shape index (κ1) is 13.3. The second-order valence-electron chi connectivity index (χ2n) is 4.83. The zero-order valence-corrected chi connectivity index (χ0v) is 13.2. The van der Waals surface area contributed by atoms with E-state index in [9.17, 15) is 8.42 Å². The van der Waals surface area contributed by atoms with Crippen LogP contribution in [0.15, 0.2) is 16.7 Å². The van der Waals surface area contributed by atoms with E-state index in [4.69, 9.17) is 12.2 Å². The Labute approximate surface area is 124 Å². The highest BCUT2D eigenvalue weighted by molar-refractivity contribution is 9.10. The fraction of sp³-hybridized carbons (Fsp3) is 0.455. The molecule has 0 aromatic carbocycles. The molecule has 2 aromatic heterocycles. The Balaban J connectivity index is 1.97. The second-order valence-corrected chi connectivity index (χ2v) is 8.37. The predicted octanol–water partition coefficient (Wildman–Crippen LogP) is 2.29. The van der Waals surface area contributed by atoms with E-state index in [2.05, 4.69) is 25.9 Å². The predicted molar refractivity (Wildman–Crippen MR) is 79.4 cm³/mol. The van der Waals surface area contributed by atoms with Crippen LogP contribution in [0.3, 0.4) is 0 Å². The molecule has 102 valence electrons. The van der Waals surface area contributed by atoms with E-state index in [0.29, 0.717) is 17.7 Å². The molecule has 8 heteroatoms. The van der Waals surface area contributed by atoms with Gasteiger partial charge in [0.05, 0.1) is 17.0 Å². The summed E-state index contributed by atoms with van der Waals surface area (Å²) in [6.07, 6.45) is 2.42. The molecule has 3 rings (SSSR count). The zero-order valence-electron chi connectivity index (χ0n) is 9.97. The average Bonchev–Trinajstić information content (AvgIpc) is 2.80.